The van der Waals surface area contributed by atoms with Gasteiger partial charge in [0.1, 0.15) is 0 Å². The second-order valence-corrected chi connectivity index (χ2v) is 2.94. The highest BCUT2D eigenvalue weighted by Gasteiger charge is 2.14. The SMILES string of the molecule is CC=CCC(C)(C=CC)NC. The van der Waals surface area contributed by atoms with Crippen LogP contribution in [0.5, 0.6) is 0 Å². The fourth-order valence-corrected chi connectivity index (χ4v) is 0.984. The third kappa shape index (κ3) is 3.99. The molecule has 0 aliphatic heterocycles. The molecular formula is C10H19N. The van der Waals surface area contributed by atoms with Crippen LogP contribution in [0.15, 0.2) is 24.3 Å². The Morgan fingerprint density at radius 3 is 2.27 bits per heavy atom. The van der Waals surface area contributed by atoms with E-state index in [9.17, 15) is 0 Å². The number of rotatable bonds is 4. The lowest BCUT2D eigenvalue weighted by atomic mass is 9.97. The summed E-state index contributed by atoms with van der Waals surface area (Å²) in [6.07, 6.45) is 9.58. The maximum absolute atomic E-state index is 3.28. The molecule has 0 saturated heterocycles. The maximum Gasteiger partial charge on any atom is 0.0367 e. The van der Waals surface area contributed by atoms with E-state index in [1.54, 1.807) is 0 Å². The summed E-state index contributed by atoms with van der Waals surface area (Å²) in [5, 5.41) is 3.28. The van der Waals surface area contributed by atoms with Gasteiger partial charge < -0.3 is 5.32 Å². The normalized spacial score (nSPS) is 17.8. The number of allylic oxidation sites excluding steroid dienone is 2. The van der Waals surface area contributed by atoms with Crippen molar-refractivity contribution in [2.24, 2.45) is 0 Å². The van der Waals surface area contributed by atoms with Crippen LogP contribution in [0.3, 0.4) is 0 Å². The van der Waals surface area contributed by atoms with Crippen molar-refractivity contribution >= 4 is 0 Å². The minimum Gasteiger partial charge on any atom is -0.311 e. The summed E-state index contributed by atoms with van der Waals surface area (Å²) in [6.45, 7) is 6.28. The number of nitrogens with one attached hydrogen (secondary N) is 1. The summed E-state index contributed by atoms with van der Waals surface area (Å²) < 4.78 is 0. The second kappa shape index (κ2) is 5.14. The Kier molecular flexibility index (Phi) is 4.88. The fraction of sp³-hybridized carbons (Fsp3) is 0.600. The predicted molar refractivity (Wildman–Crippen MR) is 51.7 cm³/mol. The van der Waals surface area contributed by atoms with Crippen molar-refractivity contribution in [3.05, 3.63) is 24.3 Å². The van der Waals surface area contributed by atoms with E-state index in [4.69, 9.17) is 0 Å². The van der Waals surface area contributed by atoms with E-state index >= 15 is 0 Å². The Labute approximate surface area is 70.2 Å². The van der Waals surface area contributed by atoms with E-state index in [-0.39, 0.29) is 5.54 Å². The van der Waals surface area contributed by atoms with Crippen molar-refractivity contribution in [3.8, 4) is 0 Å². The van der Waals surface area contributed by atoms with Crippen LogP contribution in [0.25, 0.3) is 0 Å². The minimum absolute atomic E-state index is 0.126. The highest BCUT2D eigenvalue weighted by molar-refractivity contribution is 5.06. The van der Waals surface area contributed by atoms with Gasteiger partial charge in [-0.05, 0) is 34.2 Å². The number of likely N-dealkylation sites (N-methyl/N-ethyl adjacent to an activating group) is 1. The smallest absolute Gasteiger partial charge is 0.0367 e. The molecule has 0 fully saturated rings. The van der Waals surface area contributed by atoms with Gasteiger partial charge in [0.25, 0.3) is 0 Å². The molecule has 0 aliphatic carbocycles. The predicted octanol–water partition coefficient (Wildman–Crippen LogP) is 2.51. The average molecular weight is 153 g/mol. The van der Waals surface area contributed by atoms with E-state index in [2.05, 4.69) is 36.5 Å². The lowest BCUT2D eigenvalue weighted by molar-refractivity contribution is 0.484. The van der Waals surface area contributed by atoms with Gasteiger partial charge in [0.05, 0.1) is 0 Å². The van der Waals surface area contributed by atoms with Crippen molar-refractivity contribution < 1.29 is 0 Å². The van der Waals surface area contributed by atoms with Crippen LogP contribution in [0.2, 0.25) is 0 Å². The molecule has 1 heteroatoms. The minimum atomic E-state index is 0.126. The topological polar surface area (TPSA) is 12.0 Å². The molecule has 1 nitrogen and oxygen atoms in total. The van der Waals surface area contributed by atoms with Gasteiger partial charge in [-0.15, -0.1) is 0 Å². The van der Waals surface area contributed by atoms with Gasteiger partial charge in [0, 0.05) is 5.54 Å². The van der Waals surface area contributed by atoms with E-state index in [1.165, 1.54) is 0 Å². The highest BCUT2D eigenvalue weighted by Crippen LogP contribution is 2.11. The third-order valence-corrected chi connectivity index (χ3v) is 1.88. The summed E-state index contributed by atoms with van der Waals surface area (Å²) in [5.41, 5.74) is 0.126. The summed E-state index contributed by atoms with van der Waals surface area (Å²) in [7, 11) is 1.99. The molecule has 11 heavy (non-hydrogen) atoms. The van der Waals surface area contributed by atoms with Crippen molar-refractivity contribution in [2.75, 3.05) is 7.05 Å². The molecule has 0 amide bonds. The molecular weight excluding hydrogens is 134 g/mol. The summed E-state index contributed by atoms with van der Waals surface area (Å²) in [5.74, 6) is 0. The molecule has 1 N–H and O–H groups in total. The molecule has 1 unspecified atom stereocenters. The molecule has 64 valence electrons. The van der Waals surface area contributed by atoms with Gasteiger partial charge in [0.2, 0.25) is 0 Å². The van der Waals surface area contributed by atoms with Crippen molar-refractivity contribution in [2.45, 2.75) is 32.7 Å². The second-order valence-electron chi connectivity index (χ2n) is 2.94. The van der Waals surface area contributed by atoms with E-state index in [1.807, 2.05) is 20.9 Å². The maximum atomic E-state index is 3.28. The average Bonchev–Trinajstić information content (AvgIpc) is 2.02. The fourth-order valence-electron chi connectivity index (χ4n) is 0.984. The van der Waals surface area contributed by atoms with Gasteiger partial charge in [-0.2, -0.15) is 0 Å². The Morgan fingerprint density at radius 2 is 1.91 bits per heavy atom. The molecule has 0 radical (unpaired) electrons. The number of hydrogen-bond acceptors (Lipinski definition) is 1. The van der Waals surface area contributed by atoms with Crippen LogP contribution >= 0.6 is 0 Å². The Hall–Kier alpha value is -0.560. The zero-order valence-electron chi connectivity index (χ0n) is 8.02. The van der Waals surface area contributed by atoms with Gasteiger partial charge in [-0.1, -0.05) is 24.3 Å². The van der Waals surface area contributed by atoms with Gasteiger partial charge in [-0.25, -0.2) is 0 Å². The first kappa shape index (κ1) is 10.4. The van der Waals surface area contributed by atoms with E-state index in [0.29, 0.717) is 0 Å². The standard InChI is InChI=1S/C10H19N/c1-5-7-9-10(3,11-4)8-6-2/h5-8,11H,9H2,1-4H3. The van der Waals surface area contributed by atoms with Crippen molar-refractivity contribution in [1.29, 1.82) is 0 Å². The van der Waals surface area contributed by atoms with Gasteiger partial charge >= 0.3 is 0 Å². The molecule has 1 atom stereocenters. The lowest BCUT2D eigenvalue weighted by Gasteiger charge is -2.23. The quantitative estimate of drug-likeness (QED) is 0.612. The van der Waals surface area contributed by atoms with Crippen LogP contribution in [-0.4, -0.2) is 12.6 Å². The molecule has 0 bridgehead atoms. The molecule has 0 spiro atoms. The molecule has 0 heterocycles. The summed E-state index contributed by atoms with van der Waals surface area (Å²) >= 11 is 0. The zero-order valence-corrected chi connectivity index (χ0v) is 8.02. The summed E-state index contributed by atoms with van der Waals surface area (Å²) in [4.78, 5) is 0. The molecule has 0 aliphatic rings. The Balaban J connectivity index is 4.09. The Bertz CT molecular complexity index is 147. The molecule has 0 aromatic rings. The van der Waals surface area contributed by atoms with Crippen LogP contribution < -0.4 is 5.32 Å². The first-order valence-corrected chi connectivity index (χ1v) is 4.12. The van der Waals surface area contributed by atoms with E-state index in [0.717, 1.165) is 6.42 Å². The molecule has 0 aromatic heterocycles. The first-order chi connectivity index (χ1) is 5.18. The number of hydrogen-bond donors (Lipinski definition) is 1. The third-order valence-electron chi connectivity index (χ3n) is 1.88. The van der Waals surface area contributed by atoms with Crippen molar-refractivity contribution in [1.82, 2.24) is 5.32 Å². The van der Waals surface area contributed by atoms with Crippen LogP contribution in [-0.2, 0) is 0 Å². The molecule has 0 rings (SSSR count). The first-order valence-electron chi connectivity index (χ1n) is 4.12. The van der Waals surface area contributed by atoms with Crippen LogP contribution in [0.4, 0.5) is 0 Å². The monoisotopic (exact) mass is 153 g/mol. The van der Waals surface area contributed by atoms with E-state index < -0.39 is 0 Å². The van der Waals surface area contributed by atoms with Crippen molar-refractivity contribution in [3.63, 3.8) is 0 Å². The lowest BCUT2D eigenvalue weighted by Crippen LogP contribution is -2.36. The van der Waals surface area contributed by atoms with Crippen LogP contribution in [0.1, 0.15) is 27.2 Å². The largest absolute Gasteiger partial charge is 0.311 e. The van der Waals surface area contributed by atoms with Gasteiger partial charge in [-0.3, -0.25) is 0 Å². The Morgan fingerprint density at radius 1 is 1.27 bits per heavy atom. The molecule has 0 aromatic carbocycles. The van der Waals surface area contributed by atoms with Gasteiger partial charge in [0.15, 0.2) is 0 Å². The zero-order chi connectivity index (χ0) is 8.74. The van der Waals surface area contributed by atoms with Crippen LogP contribution in [0, 0.1) is 0 Å². The highest BCUT2D eigenvalue weighted by atomic mass is 14.9. The summed E-state index contributed by atoms with van der Waals surface area (Å²) in [6, 6.07) is 0. The molecule has 0 saturated carbocycles.